The Labute approximate surface area is 470 Å². The monoisotopic (exact) mass is 1060 g/mol. The Kier molecular flexibility index (Phi) is 60.8. The molecule has 0 rings (SSSR count). The van der Waals surface area contributed by atoms with E-state index in [0.717, 1.165) is 109 Å². The second kappa shape index (κ2) is 63.9. The van der Waals surface area contributed by atoms with Crippen LogP contribution in [0.4, 0.5) is 0 Å². The molecule has 0 saturated heterocycles. The molecule has 0 saturated carbocycles. The number of carbonyl (C=O) groups excluding carboxylic acids is 3. The highest BCUT2D eigenvalue weighted by Crippen LogP contribution is 2.16. The van der Waals surface area contributed by atoms with Crippen LogP contribution in [0.5, 0.6) is 0 Å². The third-order valence-corrected chi connectivity index (χ3v) is 13.8. The van der Waals surface area contributed by atoms with E-state index in [2.05, 4.69) is 118 Å². The van der Waals surface area contributed by atoms with Crippen LogP contribution in [-0.4, -0.2) is 37.2 Å². The van der Waals surface area contributed by atoms with E-state index < -0.39 is 6.10 Å². The minimum absolute atomic E-state index is 0.0839. The molecule has 0 aliphatic heterocycles. The summed E-state index contributed by atoms with van der Waals surface area (Å²) in [5, 5.41) is 0. The maximum atomic E-state index is 12.9. The minimum atomic E-state index is -0.787. The maximum Gasteiger partial charge on any atom is 0.306 e. The molecule has 0 aliphatic rings. The van der Waals surface area contributed by atoms with Crippen molar-refractivity contribution in [1.82, 2.24) is 0 Å². The first-order valence-electron chi connectivity index (χ1n) is 32.2. The molecule has 0 amide bonds. The van der Waals surface area contributed by atoms with Crippen molar-refractivity contribution in [1.29, 1.82) is 0 Å². The van der Waals surface area contributed by atoms with E-state index in [1.165, 1.54) is 161 Å². The third-order valence-electron chi connectivity index (χ3n) is 13.8. The van der Waals surface area contributed by atoms with Gasteiger partial charge in [0.2, 0.25) is 0 Å². The van der Waals surface area contributed by atoms with Gasteiger partial charge in [0.05, 0.1) is 0 Å². The van der Waals surface area contributed by atoms with Crippen molar-refractivity contribution in [3.63, 3.8) is 0 Å². The number of hydrogen-bond donors (Lipinski definition) is 0. The molecule has 0 heterocycles. The van der Waals surface area contributed by atoms with Gasteiger partial charge < -0.3 is 14.2 Å². The number of carbonyl (C=O) groups is 3. The summed E-state index contributed by atoms with van der Waals surface area (Å²) in [6.45, 7) is 6.50. The van der Waals surface area contributed by atoms with E-state index in [0.29, 0.717) is 19.3 Å². The summed E-state index contributed by atoms with van der Waals surface area (Å²) in [5.41, 5.74) is 0. The van der Waals surface area contributed by atoms with E-state index in [1.807, 2.05) is 0 Å². The molecule has 0 spiro atoms. The largest absolute Gasteiger partial charge is 0.462 e. The van der Waals surface area contributed by atoms with Gasteiger partial charge in [-0.05, 0) is 122 Å². The highest BCUT2D eigenvalue weighted by molar-refractivity contribution is 5.71. The van der Waals surface area contributed by atoms with Gasteiger partial charge in [0.15, 0.2) is 6.10 Å². The second-order valence-corrected chi connectivity index (χ2v) is 21.3. The van der Waals surface area contributed by atoms with Gasteiger partial charge in [0.1, 0.15) is 13.2 Å². The number of allylic oxidation sites excluding steroid dienone is 16. The Hall–Kier alpha value is -3.67. The summed E-state index contributed by atoms with van der Waals surface area (Å²) in [7, 11) is 0. The highest BCUT2D eigenvalue weighted by Gasteiger charge is 2.19. The molecule has 0 aromatic carbocycles. The number of rotatable bonds is 58. The molecule has 6 heteroatoms. The van der Waals surface area contributed by atoms with Crippen LogP contribution in [0.3, 0.4) is 0 Å². The summed E-state index contributed by atoms with van der Waals surface area (Å²) in [5.74, 6) is -0.894. The number of esters is 3. The second-order valence-electron chi connectivity index (χ2n) is 21.3. The Morgan fingerprint density at radius 2 is 0.513 bits per heavy atom. The predicted molar refractivity (Wildman–Crippen MR) is 330 cm³/mol. The number of unbranched alkanes of at least 4 members (excludes halogenated alkanes) is 31. The van der Waals surface area contributed by atoms with E-state index in [4.69, 9.17) is 14.2 Å². The molecule has 0 bridgehead atoms. The molecule has 0 aliphatic carbocycles. The SMILES string of the molecule is CC/C=C\C/C=C\C/C=C\C/C=C\C/C=C\CCCCCCCCCCCCCC(=O)OCC(COC(=O)CCCCCCC/C=C\CCCCCC)OC(=O)CCCCCCCCC/C=C\C/C=C\CCCCCC. The van der Waals surface area contributed by atoms with E-state index in [-0.39, 0.29) is 31.1 Å². The van der Waals surface area contributed by atoms with Crippen molar-refractivity contribution in [2.45, 2.75) is 316 Å². The van der Waals surface area contributed by atoms with Gasteiger partial charge in [-0.25, -0.2) is 0 Å². The minimum Gasteiger partial charge on any atom is -0.462 e. The predicted octanol–water partition coefficient (Wildman–Crippen LogP) is 22.0. The Balaban J connectivity index is 4.31. The molecule has 76 heavy (non-hydrogen) atoms. The Bertz CT molecular complexity index is 1490. The summed E-state index contributed by atoms with van der Waals surface area (Å²) < 4.78 is 16.9. The normalized spacial score (nSPS) is 12.7. The zero-order valence-electron chi connectivity index (χ0n) is 50.0. The fraction of sp³-hybridized carbons (Fsp3) is 0.729. The zero-order chi connectivity index (χ0) is 55.0. The number of ether oxygens (including phenoxy) is 3. The molecular weight excluding hydrogens is 937 g/mol. The van der Waals surface area contributed by atoms with Crippen LogP contribution >= 0.6 is 0 Å². The third kappa shape index (κ3) is 61.2. The van der Waals surface area contributed by atoms with Gasteiger partial charge in [-0.2, -0.15) is 0 Å². The fourth-order valence-corrected chi connectivity index (χ4v) is 8.97. The molecule has 6 nitrogen and oxygen atoms in total. The van der Waals surface area contributed by atoms with Crippen LogP contribution in [-0.2, 0) is 28.6 Å². The lowest BCUT2D eigenvalue weighted by Crippen LogP contribution is -2.30. The zero-order valence-corrected chi connectivity index (χ0v) is 50.0. The lowest BCUT2D eigenvalue weighted by atomic mass is 10.0. The van der Waals surface area contributed by atoms with Crippen molar-refractivity contribution in [2.24, 2.45) is 0 Å². The first-order chi connectivity index (χ1) is 37.5. The smallest absolute Gasteiger partial charge is 0.306 e. The summed E-state index contributed by atoms with van der Waals surface area (Å²) in [6, 6.07) is 0. The van der Waals surface area contributed by atoms with E-state index >= 15 is 0 Å². The molecule has 0 radical (unpaired) electrons. The first-order valence-corrected chi connectivity index (χ1v) is 32.2. The lowest BCUT2D eigenvalue weighted by molar-refractivity contribution is -0.167. The molecule has 1 unspecified atom stereocenters. The first kappa shape index (κ1) is 72.3. The lowest BCUT2D eigenvalue weighted by Gasteiger charge is -2.18. The molecule has 0 N–H and O–H groups in total. The Morgan fingerprint density at radius 3 is 0.816 bits per heavy atom. The quantitative estimate of drug-likeness (QED) is 0.0261. The van der Waals surface area contributed by atoms with Crippen LogP contribution in [0, 0.1) is 0 Å². The van der Waals surface area contributed by atoms with Gasteiger partial charge in [-0.15, -0.1) is 0 Å². The van der Waals surface area contributed by atoms with Crippen LogP contribution < -0.4 is 0 Å². The van der Waals surface area contributed by atoms with Crippen molar-refractivity contribution in [3.05, 3.63) is 97.2 Å². The van der Waals surface area contributed by atoms with Crippen LogP contribution in [0.1, 0.15) is 310 Å². The molecule has 436 valence electrons. The van der Waals surface area contributed by atoms with Gasteiger partial charge in [0, 0.05) is 19.3 Å². The highest BCUT2D eigenvalue weighted by atomic mass is 16.6. The van der Waals surface area contributed by atoms with Crippen LogP contribution in [0.2, 0.25) is 0 Å². The van der Waals surface area contributed by atoms with Crippen molar-refractivity contribution in [2.75, 3.05) is 13.2 Å². The van der Waals surface area contributed by atoms with Crippen LogP contribution in [0.25, 0.3) is 0 Å². The standard InChI is InChI=1S/C70H120O6/c1-4-7-10-13-16-19-22-25-27-29-31-32-33-34-35-36-37-38-39-41-42-45-48-51-54-57-60-63-69(72)75-66-67(65-74-68(71)62-59-56-53-50-47-44-24-21-18-15-12-9-6-3)76-70(73)64-61-58-55-52-49-46-43-40-30-28-26-23-20-17-14-11-8-5-2/h7,10,16,19-21,23-25,27-28,30-32,34-35,67H,4-6,8-9,11-15,17-18,22,26,29,33,36-66H2,1-3H3/b10-7-,19-16-,23-20-,24-21-,27-25-,30-28-,32-31-,35-34-. The van der Waals surface area contributed by atoms with Crippen molar-refractivity contribution >= 4 is 17.9 Å². The average Bonchev–Trinajstić information content (AvgIpc) is 3.42. The summed E-state index contributed by atoms with van der Waals surface area (Å²) in [4.78, 5) is 38.3. The fourth-order valence-electron chi connectivity index (χ4n) is 8.97. The number of hydrogen-bond acceptors (Lipinski definition) is 6. The average molecular weight is 1060 g/mol. The van der Waals surface area contributed by atoms with Gasteiger partial charge in [0.25, 0.3) is 0 Å². The van der Waals surface area contributed by atoms with Crippen LogP contribution in [0.15, 0.2) is 97.2 Å². The van der Waals surface area contributed by atoms with Gasteiger partial charge >= 0.3 is 17.9 Å². The summed E-state index contributed by atoms with van der Waals surface area (Å²) in [6.07, 6.45) is 85.5. The maximum absolute atomic E-state index is 12.9. The Morgan fingerprint density at radius 1 is 0.276 bits per heavy atom. The molecule has 1 atom stereocenters. The molecule has 0 aromatic heterocycles. The van der Waals surface area contributed by atoms with Crippen molar-refractivity contribution in [3.8, 4) is 0 Å². The molecule has 0 fully saturated rings. The van der Waals surface area contributed by atoms with Gasteiger partial charge in [-0.3, -0.25) is 14.4 Å². The molecular formula is C70H120O6. The van der Waals surface area contributed by atoms with E-state index in [1.54, 1.807) is 0 Å². The van der Waals surface area contributed by atoms with Gasteiger partial charge in [-0.1, -0.05) is 266 Å². The topological polar surface area (TPSA) is 78.9 Å². The van der Waals surface area contributed by atoms with E-state index in [9.17, 15) is 14.4 Å². The summed E-state index contributed by atoms with van der Waals surface area (Å²) >= 11 is 0. The van der Waals surface area contributed by atoms with Crippen molar-refractivity contribution < 1.29 is 28.6 Å². The molecule has 0 aromatic rings.